The topological polar surface area (TPSA) is 77.8 Å². The maximum absolute atomic E-state index is 13.7. The van der Waals surface area contributed by atoms with E-state index in [0.29, 0.717) is 48.9 Å². The molecule has 0 aromatic heterocycles. The van der Waals surface area contributed by atoms with Crippen LogP contribution in [-0.4, -0.2) is 39.6 Å². The summed E-state index contributed by atoms with van der Waals surface area (Å²) >= 11 is 0. The second-order valence-corrected chi connectivity index (χ2v) is 9.80. The SMILES string of the molecule is Cc1ccc(-c2cccc(C(O)/C=C/C3CCC(=O)N3CCCc3ccc(C(=O)O)cc3)c2)c(C(F)(F)F)c1. The highest BCUT2D eigenvalue weighted by Crippen LogP contribution is 2.38. The van der Waals surface area contributed by atoms with Crippen LogP contribution in [0.1, 0.15) is 58.0 Å². The molecule has 39 heavy (non-hydrogen) atoms. The first kappa shape index (κ1) is 28.1. The van der Waals surface area contributed by atoms with E-state index >= 15 is 0 Å². The van der Waals surface area contributed by atoms with Crippen LogP contribution >= 0.6 is 0 Å². The number of halogens is 3. The monoisotopic (exact) mass is 537 g/mol. The standard InChI is InChI=1S/C31H30F3NO4/c1-20-7-14-26(27(18-20)31(32,33)34)23-5-2-6-24(19-23)28(36)15-12-25-13-16-29(37)35(25)17-3-4-21-8-10-22(11-9-21)30(38)39/h2,5-12,14-15,18-19,25,28,36H,3-4,13,16-17H2,1H3,(H,38,39)/b15-12+. The van der Waals surface area contributed by atoms with Gasteiger partial charge in [-0.25, -0.2) is 4.79 Å². The highest BCUT2D eigenvalue weighted by molar-refractivity contribution is 5.87. The molecule has 3 aromatic rings. The molecule has 5 nitrogen and oxygen atoms in total. The van der Waals surface area contributed by atoms with Crippen LogP contribution in [-0.2, 0) is 17.4 Å². The van der Waals surface area contributed by atoms with Crippen molar-refractivity contribution in [3.8, 4) is 11.1 Å². The van der Waals surface area contributed by atoms with Gasteiger partial charge in [0.05, 0.1) is 23.3 Å². The quantitative estimate of drug-likeness (QED) is 0.302. The number of carbonyl (C=O) groups excluding carboxylic acids is 1. The van der Waals surface area contributed by atoms with E-state index < -0.39 is 23.8 Å². The Morgan fingerprint density at radius 1 is 1.10 bits per heavy atom. The van der Waals surface area contributed by atoms with Crippen molar-refractivity contribution >= 4 is 11.9 Å². The van der Waals surface area contributed by atoms with Crippen molar-refractivity contribution in [3.05, 3.63) is 107 Å². The zero-order valence-corrected chi connectivity index (χ0v) is 21.5. The first-order valence-electron chi connectivity index (χ1n) is 12.8. The average molecular weight is 538 g/mol. The summed E-state index contributed by atoms with van der Waals surface area (Å²) in [4.78, 5) is 25.2. The first-order chi connectivity index (χ1) is 18.5. The van der Waals surface area contributed by atoms with Crippen LogP contribution in [0.2, 0.25) is 0 Å². The van der Waals surface area contributed by atoms with Gasteiger partial charge in [-0.2, -0.15) is 13.2 Å². The van der Waals surface area contributed by atoms with Gasteiger partial charge in [-0.05, 0) is 72.7 Å². The van der Waals surface area contributed by atoms with E-state index in [-0.39, 0.29) is 23.1 Å². The van der Waals surface area contributed by atoms with Gasteiger partial charge in [-0.1, -0.05) is 60.2 Å². The first-order valence-corrected chi connectivity index (χ1v) is 12.8. The Balaban J connectivity index is 1.42. The fourth-order valence-electron chi connectivity index (χ4n) is 4.89. The zero-order valence-electron chi connectivity index (χ0n) is 21.5. The molecule has 204 valence electrons. The molecule has 1 saturated heterocycles. The highest BCUT2D eigenvalue weighted by atomic mass is 19.4. The highest BCUT2D eigenvalue weighted by Gasteiger charge is 2.34. The Labute approximate surface area is 225 Å². The summed E-state index contributed by atoms with van der Waals surface area (Å²) in [6.45, 7) is 2.13. The molecule has 0 spiro atoms. The van der Waals surface area contributed by atoms with Crippen molar-refractivity contribution in [1.29, 1.82) is 0 Å². The van der Waals surface area contributed by atoms with Crippen molar-refractivity contribution in [2.24, 2.45) is 0 Å². The molecule has 1 aliphatic heterocycles. The summed E-state index contributed by atoms with van der Waals surface area (Å²) in [7, 11) is 0. The molecule has 2 unspecified atom stereocenters. The summed E-state index contributed by atoms with van der Waals surface area (Å²) in [6.07, 6.45) is 0.233. The number of likely N-dealkylation sites (tertiary alicyclic amines) is 1. The number of rotatable bonds is 9. The van der Waals surface area contributed by atoms with Gasteiger partial charge in [0.15, 0.2) is 0 Å². The maximum atomic E-state index is 13.7. The Morgan fingerprint density at radius 2 is 1.85 bits per heavy atom. The number of aliphatic hydroxyl groups excluding tert-OH is 1. The molecule has 1 fully saturated rings. The third-order valence-corrected chi connectivity index (χ3v) is 6.98. The molecule has 0 saturated carbocycles. The summed E-state index contributed by atoms with van der Waals surface area (Å²) in [6, 6.07) is 17.1. The van der Waals surface area contributed by atoms with Crippen LogP contribution in [0, 0.1) is 6.92 Å². The predicted molar refractivity (Wildman–Crippen MR) is 142 cm³/mol. The smallest absolute Gasteiger partial charge is 0.417 e. The number of carboxylic acids is 1. The van der Waals surface area contributed by atoms with Gasteiger partial charge in [0.1, 0.15) is 0 Å². The molecule has 0 bridgehead atoms. The van der Waals surface area contributed by atoms with Crippen molar-refractivity contribution in [3.63, 3.8) is 0 Å². The van der Waals surface area contributed by atoms with Crippen LogP contribution in [0.15, 0.2) is 78.9 Å². The van der Waals surface area contributed by atoms with Crippen molar-refractivity contribution in [2.45, 2.75) is 50.9 Å². The van der Waals surface area contributed by atoms with Gasteiger partial charge in [0.25, 0.3) is 0 Å². The molecule has 4 rings (SSSR count). The lowest BCUT2D eigenvalue weighted by Crippen LogP contribution is -2.33. The number of carboxylic acid groups (broad SMARTS) is 1. The van der Waals surface area contributed by atoms with E-state index in [4.69, 9.17) is 5.11 Å². The fourth-order valence-corrected chi connectivity index (χ4v) is 4.89. The lowest BCUT2D eigenvalue weighted by atomic mass is 9.95. The van der Waals surface area contributed by atoms with Crippen LogP contribution in [0.25, 0.3) is 11.1 Å². The fraction of sp³-hybridized carbons (Fsp3) is 0.290. The number of aromatic carboxylic acids is 1. The molecule has 1 heterocycles. The number of nitrogens with zero attached hydrogens (tertiary/aromatic N) is 1. The second-order valence-electron chi connectivity index (χ2n) is 9.80. The Hall–Kier alpha value is -3.91. The number of aliphatic hydroxyl groups is 1. The minimum absolute atomic E-state index is 0.0291. The van der Waals surface area contributed by atoms with Crippen LogP contribution < -0.4 is 0 Å². The largest absolute Gasteiger partial charge is 0.478 e. The van der Waals surface area contributed by atoms with Gasteiger partial charge in [-0.3, -0.25) is 4.79 Å². The number of hydrogen-bond donors (Lipinski definition) is 2. The maximum Gasteiger partial charge on any atom is 0.417 e. The minimum atomic E-state index is -4.50. The molecule has 8 heteroatoms. The number of benzene rings is 3. The van der Waals surface area contributed by atoms with Crippen molar-refractivity contribution in [2.75, 3.05) is 6.54 Å². The minimum Gasteiger partial charge on any atom is -0.478 e. The molecule has 2 atom stereocenters. The van der Waals surface area contributed by atoms with Gasteiger partial charge in [-0.15, -0.1) is 0 Å². The molecule has 2 N–H and O–H groups in total. The molecule has 0 radical (unpaired) electrons. The lowest BCUT2D eigenvalue weighted by molar-refractivity contribution is -0.137. The second kappa shape index (κ2) is 11.9. The van der Waals surface area contributed by atoms with Gasteiger partial charge in [0.2, 0.25) is 5.91 Å². The van der Waals surface area contributed by atoms with Crippen LogP contribution in [0.3, 0.4) is 0 Å². The normalized spacial score (nSPS) is 16.7. The number of amides is 1. The molecule has 1 amide bonds. The third-order valence-electron chi connectivity index (χ3n) is 6.98. The van der Waals surface area contributed by atoms with E-state index in [1.807, 2.05) is 0 Å². The van der Waals surface area contributed by atoms with E-state index in [1.54, 1.807) is 78.6 Å². The predicted octanol–water partition coefficient (Wildman–Crippen LogP) is 6.59. The van der Waals surface area contributed by atoms with Crippen molar-refractivity contribution in [1.82, 2.24) is 4.90 Å². The van der Waals surface area contributed by atoms with Crippen LogP contribution in [0.5, 0.6) is 0 Å². The number of alkyl halides is 3. The van der Waals surface area contributed by atoms with E-state index in [9.17, 15) is 27.9 Å². The van der Waals surface area contributed by atoms with E-state index in [0.717, 1.165) is 11.6 Å². The Bertz CT molecular complexity index is 1360. The lowest BCUT2D eigenvalue weighted by Gasteiger charge is -2.23. The van der Waals surface area contributed by atoms with E-state index in [2.05, 4.69) is 0 Å². The Kier molecular flexibility index (Phi) is 8.55. The molecule has 0 aliphatic carbocycles. The zero-order chi connectivity index (χ0) is 28.2. The van der Waals surface area contributed by atoms with Gasteiger partial charge < -0.3 is 15.1 Å². The summed E-state index contributed by atoms with van der Waals surface area (Å²) in [5.74, 6) is -0.949. The third kappa shape index (κ3) is 6.95. The average Bonchev–Trinajstić information content (AvgIpc) is 3.26. The van der Waals surface area contributed by atoms with Gasteiger partial charge >= 0.3 is 12.1 Å². The Morgan fingerprint density at radius 3 is 2.54 bits per heavy atom. The molecule has 3 aromatic carbocycles. The summed E-state index contributed by atoms with van der Waals surface area (Å²) < 4.78 is 41.0. The van der Waals surface area contributed by atoms with E-state index in [1.165, 1.54) is 6.07 Å². The van der Waals surface area contributed by atoms with Gasteiger partial charge in [0, 0.05) is 13.0 Å². The molecular weight excluding hydrogens is 507 g/mol. The number of carbonyl (C=O) groups is 2. The summed E-state index contributed by atoms with van der Waals surface area (Å²) in [5, 5.41) is 19.8. The molecular formula is C31H30F3NO4. The molecule has 1 aliphatic rings. The number of hydrogen-bond acceptors (Lipinski definition) is 3. The van der Waals surface area contributed by atoms with Crippen LogP contribution in [0.4, 0.5) is 13.2 Å². The van der Waals surface area contributed by atoms with Crippen molar-refractivity contribution < 1.29 is 33.0 Å². The summed E-state index contributed by atoms with van der Waals surface area (Å²) in [5.41, 5.74) is 1.87. The number of aryl methyl sites for hydroxylation is 2.